The molecular weight excluding hydrogens is 372 g/mol. The van der Waals surface area contributed by atoms with E-state index in [1.54, 1.807) is 19.1 Å². The lowest BCUT2D eigenvalue weighted by Crippen LogP contribution is -2.52. The summed E-state index contributed by atoms with van der Waals surface area (Å²) in [5, 5.41) is 2.84. The minimum atomic E-state index is -0.0584. The maximum Gasteiger partial charge on any atom is 0.236 e. The molecule has 1 aliphatic rings. The van der Waals surface area contributed by atoms with Gasteiger partial charge in [0.2, 0.25) is 11.8 Å². The van der Waals surface area contributed by atoms with Crippen LogP contribution in [0.4, 0.5) is 0 Å². The molecule has 2 amide bonds. The summed E-state index contributed by atoms with van der Waals surface area (Å²) in [5.41, 5.74) is 0. The molecule has 2 rings (SSSR count). The van der Waals surface area contributed by atoms with Crippen LogP contribution < -0.4 is 14.8 Å². The molecule has 0 unspecified atom stereocenters. The fraction of sp³-hybridized carbons (Fsp3) is 0.619. The number of hydrogen-bond donors (Lipinski definition) is 1. The second-order valence-electron chi connectivity index (χ2n) is 7.64. The number of methoxy groups -OCH3 is 1. The molecule has 8 heteroatoms. The quantitative estimate of drug-likeness (QED) is 0.616. The van der Waals surface area contributed by atoms with Gasteiger partial charge in [0, 0.05) is 38.8 Å². The number of nitrogens with one attached hydrogen (secondary N) is 1. The molecule has 1 saturated heterocycles. The van der Waals surface area contributed by atoms with Gasteiger partial charge in [-0.2, -0.15) is 0 Å². The second-order valence-corrected chi connectivity index (χ2v) is 7.64. The number of carbonyl (C=O) groups is 2. The zero-order valence-electron chi connectivity index (χ0n) is 18.0. The van der Waals surface area contributed by atoms with Crippen LogP contribution in [-0.4, -0.2) is 99.1 Å². The lowest BCUT2D eigenvalue weighted by Gasteiger charge is -2.35. The zero-order valence-corrected chi connectivity index (χ0v) is 18.0. The third kappa shape index (κ3) is 8.29. The number of nitrogens with zero attached hydrogens (tertiary/aromatic N) is 3. The molecule has 1 aliphatic heterocycles. The van der Waals surface area contributed by atoms with Crippen molar-refractivity contribution in [2.24, 2.45) is 0 Å². The zero-order chi connectivity index (χ0) is 21.2. The van der Waals surface area contributed by atoms with Crippen molar-refractivity contribution in [2.75, 3.05) is 66.6 Å². The van der Waals surface area contributed by atoms with E-state index in [0.29, 0.717) is 19.7 Å². The molecule has 29 heavy (non-hydrogen) atoms. The number of piperazine rings is 1. The monoisotopic (exact) mass is 406 g/mol. The summed E-state index contributed by atoms with van der Waals surface area (Å²) >= 11 is 0. The number of carbonyl (C=O) groups excluding carboxylic acids is 2. The van der Waals surface area contributed by atoms with Crippen molar-refractivity contribution in [3.8, 4) is 11.5 Å². The Morgan fingerprint density at radius 1 is 1.07 bits per heavy atom. The van der Waals surface area contributed by atoms with E-state index >= 15 is 0 Å². The average molecular weight is 407 g/mol. The minimum Gasteiger partial charge on any atom is -0.497 e. The van der Waals surface area contributed by atoms with E-state index in [2.05, 4.69) is 10.2 Å². The van der Waals surface area contributed by atoms with Crippen molar-refractivity contribution in [1.29, 1.82) is 0 Å². The molecule has 0 spiro atoms. The van der Waals surface area contributed by atoms with Crippen LogP contribution in [0.3, 0.4) is 0 Å². The van der Waals surface area contributed by atoms with Crippen LogP contribution in [0.1, 0.15) is 13.8 Å². The molecule has 1 aromatic rings. The van der Waals surface area contributed by atoms with E-state index in [9.17, 15) is 9.59 Å². The van der Waals surface area contributed by atoms with Gasteiger partial charge in [-0.1, -0.05) is 0 Å². The van der Waals surface area contributed by atoms with Gasteiger partial charge >= 0.3 is 0 Å². The van der Waals surface area contributed by atoms with Crippen LogP contribution in [-0.2, 0) is 9.59 Å². The molecule has 1 N–H and O–H groups in total. The van der Waals surface area contributed by atoms with Crippen LogP contribution in [0.2, 0.25) is 0 Å². The lowest BCUT2D eigenvalue weighted by atomic mass is 10.3. The van der Waals surface area contributed by atoms with Crippen LogP contribution in [0.15, 0.2) is 24.3 Å². The molecule has 0 radical (unpaired) electrons. The Morgan fingerprint density at radius 2 is 1.69 bits per heavy atom. The summed E-state index contributed by atoms with van der Waals surface area (Å²) in [4.78, 5) is 30.2. The van der Waals surface area contributed by atoms with E-state index < -0.39 is 0 Å². The summed E-state index contributed by atoms with van der Waals surface area (Å²) < 4.78 is 10.9. The van der Waals surface area contributed by atoms with Gasteiger partial charge in [0.25, 0.3) is 0 Å². The molecule has 0 aromatic heterocycles. The van der Waals surface area contributed by atoms with Crippen molar-refractivity contribution in [2.45, 2.75) is 19.9 Å². The van der Waals surface area contributed by atoms with Gasteiger partial charge in [0.15, 0.2) is 0 Å². The lowest BCUT2D eigenvalue weighted by molar-refractivity contribution is -0.134. The molecule has 0 bridgehead atoms. The molecule has 8 nitrogen and oxygen atoms in total. The topological polar surface area (TPSA) is 74.4 Å². The highest BCUT2D eigenvalue weighted by Crippen LogP contribution is 2.17. The Balaban J connectivity index is 1.63. The molecule has 1 fully saturated rings. The fourth-order valence-electron chi connectivity index (χ4n) is 3.19. The molecule has 1 heterocycles. The average Bonchev–Trinajstić information content (AvgIpc) is 2.68. The largest absolute Gasteiger partial charge is 0.497 e. The molecule has 0 atom stereocenters. The third-order valence-electron chi connectivity index (χ3n) is 4.73. The Labute approximate surface area is 173 Å². The summed E-state index contributed by atoms with van der Waals surface area (Å²) in [7, 11) is 3.44. The van der Waals surface area contributed by atoms with Crippen molar-refractivity contribution in [3.63, 3.8) is 0 Å². The first-order valence-corrected chi connectivity index (χ1v) is 10.1. The summed E-state index contributed by atoms with van der Waals surface area (Å²) in [6.07, 6.45) is 0. The Bertz CT molecular complexity index is 643. The number of amides is 2. The molecule has 0 aliphatic carbocycles. The van der Waals surface area contributed by atoms with E-state index in [-0.39, 0.29) is 30.9 Å². The van der Waals surface area contributed by atoms with Crippen LogP contribution in [0, 0.1) is 0 Å². The maximum absolute atomic E-state index is 12.5. The van der Waals surface area contributed by atoms with E-state index in [1.165, 1.54) is 0 Å². The summed E-state index contributed by atoms with van der Waals surface area (Å²) in [6, 6.07) is 7.65. The van der Waals surface area contributed by atoms with E-state index in [4.69, 9.17) is 9.47 Å². The smallest absolute Gasteiger partial charge is 0.236 e. The number of rotatable bonds is 10. The number of ether oxygens (including phenoxy) is 2. The van der Waals surface area contributed by atoms with Crippen molar-refractivity contribution >= 4 is 11.8 Å². The predicted molar refractivity (Wildman–Crippen MR) is 112 cm³/mol. The van der Waals surface area contributed by atoms with Gasteiger partial charge in [-0.3, -0.25) is 19.4 Å². The minimum absolute atomic E-state index is 0.0584. The Hall–Kier alpha value is -2.32. The number of likely N-dealkylation sites (N-methyl/N-ethyl adjacent to an activating group) is 1. The van der Waals surface area contributed by atoms with Gasteiger partial charge in [-0.05, 0) is 45.2 Å². The fourth-order valence-corrected chi connectivity index (χ4v) is 3.19. The van der Waals surface area contributed by atoms with Crippen molar-refractivity contribution < 1.29 is 19.1 Å². The highest BCUT2D eigenvalue weighted by molar-refractivity contribution is 5.81. The molecular formula is C21H34N4O4. The Morgan fingerprint density at radius 3 is 2.28 bits per heavy atom. The first-order valence-electron chi connectivity index (χ1n) is 10.1. The molecule has 1 aromatic carbocycles. The summed E-state index contributed by atoms with van der Waals surface area (Å²) in [5.74, 6) is 1.64. The SMILES string of the molecule is COc1ccc(OCCN2CCN(C(=O)CN(C)CC(=O)NC(C)C)CC2)cc1. The normalized spacial score (nSPS) is 14.9. The maximum atomic E-state index is 12.5. The van der Waals surface area contributed by atoms with Gasteiger partial charge < -0.3 is 19.7 Å². The first-order chi connectivity index (χ1) is 13.9. The highest BCUT2D eigenvalue weighted by Gasteiger charge is 2.22. The van der Waals surface area contributed by atoms with Gasteiger partial charge in [0.1, 0.15) is 18.1 Å². The molecule has 0 saturated carbocycles. The van der Waals surface area contributed by atoms with Crippen LogP contribution in [0.25, 0.3) is 0 Å². The van der Waals surface area contributed by atoms with Gasteiger partial charge in [0.05, 0.1) is 20.2 Å². The standard InChI is InChI=1S/C21H34N4O4/c1-17(2)22-20(26)15-23(3)16-21(27)25-11-9-24(10-12-25)13-14-29-19-7-5-18(28-4)6-8-19/h5-8,17H,9-16H2,1-4H3,(H,22,26). The van der Waals surface area contributed by atoms with E-state index in [0.717, 1.165) is 31.1 Å². The van der Waals surface area contributed by atoms with Crippen molar-refractivity contribution in [3.05, 3.63) is 24.3 Å². The first kappa shape index (κ1) is 23.0. The van der Waals surface area contributed by atoms with Gasteiger partial charge in [-0.25, -0.2) is 0 Å². The van der Waals surface area contributed by atoms with Gasteiger partial charge in [-0.15, -0.1) is 0 Å². The van der Waals surface area contributed by atoms with Crippen LogP contribution >= 0.6 is 0 Å². The second kappa shape index (κ2) is 11.6. The Kier molecular flexibility index (Phi) is 9.21. The van der Waals surface area contributed by atoms with E-state index in [1.807, 2.05) is 43.0 Å². The molecule has 162 valence electrons. The number of benzene rings is 1. The number of hydrogen-bond acceptors (Lipinski definition) is 6. The van der Waals surface area contributed by atoms with Crippen LogP contribution in [0.5, 0.6) is 11.5 Å². The summed E-state index contributed by atoms with van der Waals surface area (Å²) in [6.45, 7) is 8.82. The highest BCUT2D eigenvalue weighted by atomic mass is 16.5. The third-order valence-corrected chi connectivity index (χ3v) is 4.73. The van der Waals surface area contributed by atoms with Crippen molar-refractivity contribution in [1.82, 2.24) is 20.0 Å². The predicted octanol–water partition coefficient (Wildman–Crippen LogP) is 0.675.